The van der Waals surface area contributed by atoms with Crippen molar-refractivity contribution in [3.8, 4) is 22.4 Å². The van der Waals surface area contributed by atoms with Crippen molar-refractivity contribution in [1.29, 1.82) is 0 Å². The van der Waals surface area contributed by atoms with Gasteiger partial charge in [0.25, 0.3) is 0 Å². The summed E-state index contributed by atoms with van der Waals surface area (Å²) in [7, 11) is 0. The largest absolute Gasteiger partial charge is 0.335 e. The monoisotopic (exact) mass is 469 g/mol. The number of fused-ring (bicyclic) bond motifs is 1. The molecule has 8 heteroatoms. The van der Waals surface area contributed by atoms with E-state index in [0.717, 1.165) is 27.9 Å². The van der Waals surface area contributed by atoms with Crippen LogP contribution in [0.5, 0.6) is 0 Å². The summed E-state index contributed by atoms with van der Waals surface area (Å²) in [5.41, 5.74) is 4.90. The van der Waals surface area contributed by atoms with Crippen LogP contribution in [0, 0.1) is 5.82 Å². The van der Waals surface area contributed by atoms with E-state index in [-0.39, 0.29) is 24.1 Å². The van der Waals surface area contributed by atoms with Crippen LogP contribution in [0.25, 0.3) is 22.4 Å². The van der Waals surface area contributed by atoms with Crippen LogP contribution in [-0.2, 0) is 29.1 Å². The molecule has 0 radical (unpaired) electrons. The molecule has 7 nitrogen and oxygen atoms in total. The van der Waals surface area contributed by atoms with Crippen molar-refractivity contribution in [2.24, 2.45) is 0 Å². The van der Waals surface area contributed by atoms with Gasteiger partial charge in [0, 0.05) is 30.8 Å². The molecule has 0 atom stereocenters. The predicted octanol–water partition coefficient (Wildman–Crippen LogP) is 4.29. The second-order valence-electron chi connectivity index (χ2n) is 8.48. The van der Waals surface area contributed by atoms with Crippen LogP contribution in [0.3, 0.4) is 0 Å². The van der Waals surface area contributed by atoms with E-state index in [4.69, 9.17) is 5.10 Å². The minimum Gasteiger partial charge on any atom is -0.335 e. The minimum atomic E-state index is -0.325. The van der Waals surface area contributed by atoms with Crippen LogP contribution in [0.15, 0.2) is 72.9 Å². The molecular weight excluding hydrogens is 445 g/mol. The number of nitrogens with one attached hydrogen (secondary N) is 1. The highest BCUT2D eigenvalue weighted by Gasteiger charge is 2.27. The molecule has 5 rings (SSSR count). The van der Waals surface area contributed by atoms with Gasteiger partial charge in [0.2, 0.25) is 11.8 Å². The average molecular weight is 470 g/mol. The fraction of sp³-hybridized carbons (Fsp3) is 0.185. The lowest BCUT2D eigenvalue weighted by Crippen LogP contribution is -2.37. The smallest absolute Gasteiger partial charge is 0.229 e. The molecule has 176 valence electrons. The lowest BCUT2D eigenvalue weighted by atomic mass is 9.98. The van der Waals surface area contributed by atoms with Gasteiger partial charge in [-0.3, -0.25) is 14.3 Å². The van der Waals surface area contributed by atoms with Gasteiger partial charge in [0.05, 0.1) is 25.2 Å². The highest BCUT2D eigenvalue weighted by Crippen LogP contribution is 2.37. The lowest BCUT2D eigenvalue weighted by molar-refractivity contribution is -0.130. The molecule has 1 aliphatic rings. The topological polar surface area (TPSA) is 80.1 Å². The van der Waals surface area contributed by atoms with Gasteiger partial charge in [-0.2, -0.15) is 5.10 Å². The third-order valence-corrected chi connectivity index (χ3v) is 6.07. The molecule has 35 heavy (non-hydrogen) atoms. The highest BCUT2D eigenvalue weighted by molar-refractivity contribution is 5.92. The van der Waals surface area contributed by atoms with E-state index in [1.807, 2.05) is 41.1 Å². The Bertz CT molecular complexity index is 1380. The van der Waals surface area contributed by atoms with Crippen LogP contribution < -0.4 is 5.32 Å². The normalized spacial score (nSPS) is 12.8. The Morgan fingerprint density at radius 3 is 2.51 bits per heavy atom. The number of carbonyl (C=O) groups is 2. The van der Waals surface area contributed by atoms with E-state index in [1.54, 1.807) is 36.2 Å². The molecule has 0 fully saturated rings. The summed E-state index contributed by atoms with van der Waals surface area (Å²) in [5.74, 6) is -0.0725. The first-order valence-electron chi connectivity index (χ1n) is 11.4. The second kappa shape index (κ2) is 9.50. The van der Waals surface area contributed by atoms with Gasteiger partial charge in [-0.1, -0.05) is 30.3 Å². The Morgan fingerprint density at radius 2 is 1.77 bits per heavy atom. The molecular formula is C27H24FN5O2. The van der Waals surface area contributed by atoms with Crippen LogP contribution >= 0.6 is 0 Å². The number of nitrogens with zero attached hydrogens (tertiary/aromatic N) is 4. The third kappa shape index (κ3) is 4.82. The molecule has 0 saturated carbocycles. The Labute approximate surface area is 202 Å². The second-order valence-corrected chi connectivity index (χ2v) is 8.48. The molecule has 0 saturated heterocycles. The molecule has 3 heterocycles. The van der Waals surface area contributed by atoms with E-state index in [9.17, 15) is 14.0 Å². The van der Waals surface area contributed by atoms with E-state index >= 15 is 0 Å². The SMILES string of the molecule is CC(=O)N1CCn2nc(-c3ccc(F)cc3)c(-c3ccnc(NC(=O)Cc4ccccc4)c3)c2C1. The summed E-state index contributed by atoms with van der Waals surface area (Å²) in [6, 6.07) is 19.4. The number of pyridine rings is 1. The van der Waals surface area contributed by atoms with Gasteiger partial charge in [0.1, 0.15) is 17.3 Å². The quantitative estimate of drug-likeness (QED) is 0.473. The van der Waals surface area contributed by atoms with Gasteiger partial charge >= 0.3 is 0 Å². The van der Waals surface area contributed by atoms with E-state index in [1.165, 1.54) is 12.1 Å². The van der Waals surface area contributed by atoms with Crippen molar-refractivity contribution in [2.45, 2.75) is 26.4 Å². The number of halogens is 1. The summed E-state index contributed by atoms with van der Waals surface area (Å²) in [4.78, 5) is 30.8. The number of amides is 2. The average Bonchev–Trinajstić information content (AvgIpc) is 3.24. The molecule has 1 aliphatic heterocycles. The maximum Gasteiger partial charge on any atom is 0.229 e. The first-order chi connectivity index (χ1) is 17.0. The first-order valence-corrected chi connectivity index (χ1v) is 11.4. The van der Waals surface area contributed by atoms with Crippen LogP contribution in [0.1, 0.15) is 18.2 Å². The summed E-state index contributed by atoms with van der Waals surface area (Å²) in [6.07, 6.45) is 1.88. The van der Waals surface area contributed by atoms with Crippen LogP contribution in [0.2, 0.25) is 0 Å². The number of rotatable bonds is 5. The van der Waals surface area contributed by atoms with Crippen molar-refractivity contribution in [1.82, 2.24) is 19.7 Å². The maximum absolute atomic E-state index is 13.6. The fourth-order valence-corrected chi connectivity index (χ4v) is 4.32. The predicted molar refractivity (Wildman–Crippen MR) is 131 cm³/mol. The van der Waals surface area contributed by atoms with Crippen molar-refractivity contribution in [3.63, 3.8) is 0 Å². The van der Waals surface area contributed by atoms with Crippen LogP contribution in [0.4, 0.5) is 10.2 Å². The zero-order chi connectivity index (χ0) is 24.4. The molecule has 1 N–H and O–H groups in total. The van der Waals surface area contributed by atoms with Gasteiger partial charge in [0.15, 0.2) is 0 Å². The van der Waals surface area contributed by atoms with Crippen LogP contribution in [-0.4, -0.2) is 38.0 Å². The molecule has 2 aromatic carbocycles. The van der Waals surface area contributed by atoms with E-state index in [2.05, 4.69) is 10.3 Å². The molecule has 0 unspecified atom stereocenters. The zero-order valence-corrected chi connectivity index (χ0v) is 19.2. The highest BCUT2D eigenvalue weighted by atomic mass is 19.1. The fourth-order valence-electron chi connectivity index (χ4n) is 4.32. The first kappa shape index (κ1) is 22.5. The molecule has 0 aliphatic carbocycles. The molecule has 0 spiro atoms. The Kier molecular flexibility index (Phi) is 6.10. The lowest BCUT2D eigenvalue weighted by Gasteiger charge is -2.27. The van der Waals surface area contributed by atoms with Gasteiger partial charge in [-0.15, -0.1) is 0 Å². The summed E-state index contributed by atoms with van der Waals surface area (Å²) in [5, 5.41) is 7.69. The molecule has 2 amide bonds. The summed E-state index contributed by atoms with van der Waals surface area (Å²) in [6.45, 7) is 3.11. The van der Waals surface area contributed by atoms with E-state index < -0.39 is 0 Å². The number of hydrogen-bond donors (Lipinski definition) is 1. The molecule has 2 aromatic heterocycles. The standard InChI is InChI=1S/C27H24FN5O2/c1-18(34)32-13-14-33-23(17-32)26(27(31-33)20-7-9-22(28)10-8-20)21-11-12-29-24(16-21)30-25(35)15-19-5-3-2-4-6-19/h2-12,16H,13-15,17H2,1H3,(H,29,30,35). The molecule has 4 aromatic rings. The van der Waals surface area contributed by atoms with Crippen molar-refractivity contribution >= 4 is 17.6 Å². The van der Waals surface area contributed by atoms with Crippen molar-refractivity contribution in [3.05, 3.63) is 90.0 Å². The van der Waals surface area contributed by atoms with Crippen molar-refractivity contribution in [2.75, 3.05) is 11.9 Å². The number of hydrogen-bond acceptors (Lipinski definition) is 4. The number of anilines is 1. The third-order valence-electron chi connectivity index (χ3n) is 6.07. The van der Waals surface area contributed by atoms with E-state index in [0.29, 0.717) is 31.1 Å². The maximum atomic E-state index is 13.6. The van der Waals surface area contributed by atoms with Gasteiger partial charge in [-0.05, 0) is 47.5 Å². The minimum absolute atomic E-state index is 0.00433. The Balaban J connectivity index is 1.52. The Morgan fingerprint density at radius 1 is 1.00 bits per heavy atom. The number of carbonyl (C=O) groups excluding carboxylic acids is 2. The summed E-state index contributed by atoms with van der Waals surface area (Å²) >= 11 is 0. The van der Waals surface area contributed by atoms with Gasteiger partial charge < -0.3 is 10.2 Å². The molecule has 0 bridgehead atoms. The summed E-state index contributed by atoms with van der Waals surface area (Å²) < 4.78 is 15.5. The zero-order valence-electron chi connectivity index (χ0n) is 19.2. The number of aromatic nitrogens is 3. The Hall–Kier alpha value is -4.33. The van der Waals surface area contributed by atoms with Crippen molar-refractivity contribution < 1.29 is 14.0 Å². The number of benzene rings is 2. The van der Waals surface area contributed by atoms with Gasteiger partial charge in [-0.25, -0.2) is 9.37 Å².